The van der Waals surface area contributed by atoms with Crippen molar-refractivity contribution in [3.8, 4) is 0 Å². The van der Waals surface area contributed by atoms with E-state index in [2.05, 4.69) is 114 Å². The molecule has 0 spiro atoms. The van der Waals surface area contributed by atoms with Crippen LogP contribution in [0.1, 0.15) is 129 Å². The molecule has 0 amide bonds. The Labute approximate surface area is 442 Å². The summed E-state index contributed by atoms with van der Waals surface area (Å²) in [6.45, 7) is 1.65. The third-order valence-corrected chi connectivity index (χ3v) is 13.3. The van der Waals surface area contributed by atoms with Crippen LogP contribution in [-0.4, -0.2) is 96.9 Å². The number of aromatic nitrogens is 2. The Morgan fingerprint density at radius 1 is 0.707 bits per heavy atom. The molecule has 1 aromatic heterocycles. The lowest BCUT2D eigenvalue weighted by molar-refractivity contribution is -0.161. The molecule has 1 fully saturated rings. The first kappa shape index (κ1) is 66.2. The zero-order valence-corrected chi connectivity index (χ0v) is 45.2. The standard InChI is InChI=1S/C54H81N3O16P2/c1-3-5-7-9-11-13-15-17-19-21-23-25-27-29-31-33-35-37-50(60)71-46(42-68-49(59)39-38-45(58)36-34-32-30-28-26-24-22-20-18-16-14-12-10-8-6-4-2)43-69-74(64,65)73-75(66,67)70-44-47-51(61)52(62)53(72-47)57-41-40-48(55)56-54(57)63/h5-8,11-14,17-20,23-26,30,32,34,36,40-41,45-47,51-53,58,61-62H,3-4,9-10,15-16,21-22,27-29,31,33,35,37-39,42-44H2,1-2H3,(H,64,65)(H,66,67)(H2,55,56,63)/b7-5-,8-6-,13-11-,14-12-,19-17-,20-18-,25-23-,26-24-,32-30-,36-34-/t45?,46-,47-,51-,52-,53-/m1/s1. The molecule has 0 aliphatic carbocycles. The first-order chi connectivity index (χ1) is 36.1. The van der Waals surface area contributed by atoms with Gasteiger partial charge in [-0.3, -0.25) is 23.2 Å². The van der Waals surface area contributed by atoms with Gasteiger partial charge in [-0.1, -0.05) is 148 Å². The van der Waals surface area contributed by atoms with Crippen LogP contribution in [0.25, 0.3) is 0 Å². The Bertz CT molecular complexity index is 2250. The van der Waals surface area contributed by atoms with E-state index in [-0.39, 0.29) is 25.1 Å². The number of nitrogens with zero attached hydrogens (tertiary/aromatic N) is 2. The summed E-state index contributed by atoms with van der Waals surface area (Å²) >= 11 is 0. The highest BCUT2D eigenvalue weighted by molar-refractivity contribution is 7.61. The second-order valence-electron chi connectivity index (χ2n) is 17.1. The molecule has 0 aromatic carbocycles. The number of phosphoric acid groups is 2. The number of esters is 2. The molecule has 1 aliphatic rings. The van der Waals surface area contributed by atoms with E-state index in [1.807, 2.05) is 12.2 Å². The van der Waals surface area contributed by atoms with Crippen molar-refractivity contribution in [1.29, 1.82) is 0 Å². The highest BCUT2D eigenvalue weighted by Gasteiger charge is 2.46. The van der Waals surface area contributed by atoms with Gasteiger partial charge in [0.2, 0.25) is 0 Å². The summed E-state index contributed by atoms with van der Waals surface area (Å²) in [5, 5.41) is 31.3. The minimum Gasteiger partial charge on any atom is -0.462 e. The molecule has 75 heavy (non-hydrogen) atoms. The average molecular weight is 1090 g/mol. The van der Waals surface area contributed by atoms with E-state index in [4.69, 9.17) is 29.0 Å². The number of nitrogen functional groups attached to an aromatic ring is 1. The lowest BCUT2D eigenvalue weighted by atomic mass is 10.1. The van der Waals surface area contributed by atoms with Crippen LogP contribution in [0.4, 0.5) is 5.82 Å². The lowest BCUT2D eigenvalue weighted by Gasteiger charge is -2.21. The maximum absolute atomic E-state index is 12.9. The van der Waals surface area contributed by atoms with E-state index in [1.165, 1.54) is 12.1 Å². The first-order valence-corrected chi connectivity index (χ1v) is 28.6. The molecule has 418 valence electrons. The molecule has 21 heteroatoms. The highest BCUT2D eigenvalue weighted by Crippen LogP contribution is 2.60. The van der Waals surface area contributed by atoms with Gasteiger partial charge >= 0.3 is 33.3 Å². The van der Waals surface area contributed by atoms with Gasteiger partial charge in [0, 0.05) is 19.0 Å². The summed E-state index contributed by atoms with van der Waals surface area (Å²) in [6, 6.07) is 1.23. The molecule has 1 aliphatic heterocycles. The number of phosphoric ester groups is 2. The molecule has 7 N–H and O–H groups in total. The maximum atomic E-state index is 12.9. The van der Waals surface area contributed by atoms with Gasteiger partial charge in [0.05, 0.1) is 19.3 Å². The molecule has 1 saturated heterocycles. The third-order valence-electron chi connectivity index (χ3n) is 10.7. The fourth-order valence-electron chi connectivity index (χ4n) is 6.71. The second-order valence-corrected chi connectivity index (χ2v) is 20.1. The Morgan fingerprint density at radius 3 is 1.81 bits per heavy atom. The smallest absolute Gasteiger partial charge is 0.462 e. The Morgan fingerprint density at radius 2 is 1.24 bits per heavy atom. The number of carbonyl (C=O) groups is 2. The fraction of sp³-hybridized carbons (Fsp3) is 0.519. The Kier molecular flexibility index (Phi) is 35.7. The summed E-state index contributed by atoms with van der Waals surface area (Å²) in [4.78, 5) is 62.0. The van der Waals surface area contributed by atoms with E-state index in [9.17, 15) is 48.6 Å². The summed E-state index contributed by atoms with van der Waals surface area (Å²) in [7, 11) is -11.0. The van der Waals surface area contributed by atoms with Crippen molar-refractivity contribution in [3.05, 3.63) is 144 Å². The molecule has 0 saturated carbocycles. The van der Waals surface area contributed by atoms with Gasteiger partial charge in [-0.15, -0.1) is 0 Å². The van der Waals surface area contributed by atoms with Crippen molar-refractivity contribution in [2.75, 3.05) is 25.6 Å². The summed E-state index contributed by atoms with van der Waals surface area (Å²) < 4.78 is 56.6. The van der Waals surface area contributed by atoms with E-state index in [0.717, 1.165) is 81.4 Å². The molecular formula is C54H81N3O16P2. The predicted molar refractivity (Wildman–Crippen MR) is 290 cm³/mol. The first-order valence-electron chi connectivity index (χ1n) is 25.7. The number of aliphatic hydroxyl groups is 3. The Hall–Kier alpha value is -4.88. The van der Waals surface area contributed by atoms with E-state index < -0.39 is 89.8 Å². The van der Waals surface area contributed by atoms with Crippen molar-refractivity contribution >= 4 is 33.4 Å². The SMILES string of the molecule is CC/C=C\C/C=C\C/C=C\C/C=C\C/C=C\C=C/C(O)CCC(=O)OC[C@H](COP(=O)(O)OP(=O)(O)OC[C@H]1O[C@@H](n2ccc(N)nc2=O)[C@H](O)[C@@H]1O)OC(=O)CCCCCC/C=C\C/C=C\C/C=C\C/C=C\CC. The molecule has 8 atom stereocenters. The molecule has 2 rings (SSSR count). The number of hydrogen-bond acceptors (Lipinski definition) is 16. The van der Waals surface area contributed by atoms with Crippen molar-refractivity contribution < 1.29 is 71.4 Å². The van der Waals surface area contributed by atoms with Crippen LogP contribution in [0.5, 0.6) is 0 Å². The van der Waals surface area contributed by atoms with Crippen LogP contribution < -0.4 is 11.4 Å². The summed E-state index contributed by atoms with van der Waals surface area (Å²) in [5.74, 6) is -1.64. The normalized spacial score (nSPS) is 20.2. The number of anilines is 1. The van der Waals surface area contributed by atoms with Crippen molar-refractivity contribution in [2.45, 2.75) is 160 Å². The number of aliphatic hydroxyl groups excluding tert-OH is 3. The van der Waals surface area contributed by atoms with Crippen molar-refractivity contribution in [3.63, 3.8) is 0 Å². The van der Waals surface area contributed by atoms with Crippen LogP contribution in [0.15, 0.2) is 139 Å². The van der Waals surface area contributed by atoms with Gasteiger partial charge < -0.3 is 45.1 Å². The van der Waals surface area contributed by atoms with Gasteiger partial charge in [-0.05, 0) is 89.5 Å². The fourth-order valence-corrected chi connectivity index (χ4v) is 8.82. The molecule has 1 aromatic rings. The molecule has 0 radical (unpaired) electrons. The van der Waals surface area contributed by atoms with Gasteiger partial charge in [0.1, 0.15) is 30.7 Å². The van der Waals surface area contributed by atoms with E-state index in [1.54, 1.807) is 12.2 Å². The van der Waals surface area contributed by atoms with Crippen molar-refractivity contribution in [2.24, 2.45) is 0 Å². The van der Waals surface area contributed by atoms with Gasteiger partial charge in [-0.2, -0.15) is 9.29 Å². The van der Waals surface area contributed by atoms with E-state index in [0.29, 0.717) is 19.3 Å². The molecule has 19 nitrogen and oxygen atoms in total. The van der Waals surface area contributed by atoms with Crippen LogP contribution in [0.3, 0.4) is 0 Å². The zero-order valence-electron chi connectivity index (χ0n) is 43.4. The number of allylic oxidation sites excluding steroid dienone is 19. The number of hydrogen-bond donors (Lipinski definition) is 6. The predicted octanol–water partition coefficient (Wildman–Crippen LogP) is 9.74. The monoisotopic (exact) mass is 1090 g/mol. The van der Waals surface area contributed by atoms with Gasteiger partial charge in [0.25, 0.3) is 0 Å². The van der Waals surface area contributed by atoms with Crippen LogP contribution >= 0.6 is 15.6 Å². The molecule has 0 bridgehead atoms. The average Bonchev–Trinajstić information content (AvgIpc) is 3.65. The van der Waals surface area contributed by atoms with Gasteiger partial charge in [-0.25, -0.2) is 13.9 Å². The quantitative estimate of drug-likeness (QED) is 0.0117. The summed E-state index contributed by atoms with van der Waals surface area (Å²) in [5.41, 5.74) is 4.57. The molecular weight excluding hydrogens is 1010 g/mol. The molecule has 3 unspecified atom stereocenters. The minimum atomic E-state index is -5.49. The minimum absolute atomic E-state index is 0.00556. The zero-order chi connectivity index (χ0) is 55.0. The number of unbranched alkanes of at least 4 members (excludes halogenated alkanes) is 4. The topological polar surface area (TPSA) is 286 Å². The number of nitrogens with two attached hydrogens (primary N) is 1. The van der Waals surface area contributed by atoms with Crippen LogP contribution in [0, 0.1) is 0 Å². The lowest BCUT2D eigenvalue weighted by Crippen LogP contribution is -2.36. The number of carbonyl (C=O) groups excluding carboxylic acids is 2. The van der Waals surface area contributed by atoms with Crippen molar-refractivity contribution in [1.82, 2.24) is 9.55 Å². The third kappa shape index (κ3) is 33.0. The largest absolute Gasteiger partial charge is 0.481 e. The molecule has 2 heterocycles. The summed E-state index contributed by atoms with van der Waals surface area (Å²) in [6.07, 6.45) is 44.6. The van der Waals surface area contributed by atoms with Crippen LogP contribution in [-0.2, 0) is 46.3 Å². The maximum Gasteiger partial charge on any atom is 0.481 e. The van der Waals surface area contributed by atoms with E-state index >= 15 is 0 Å². The Balaban J connectivity index is 1.88. The highest BCUT2D eigenvalue weighted by atomic mass is 31.3. The van der Waals surface area contributed by atoms with Crippen LogP contribution in [0.2, 0.25) is 0 Å². The number of rotatable bonds is 40. The van der Waals surface area contributed by atoms with Gasteiger partial charge in [0.15, 0.2) is 12.3 Å². The second kappa shape index (κ2) is 40.4. The number of ether oxygens (including phenoxy) is 3.